The molecule has 0 unspecified atom stereocenters. The fourth-order valence-corrected chi connectivity index (χ4v) is 1.55. The van der Waals surface area contributed by atoms with Crippen molar-refractivity contribution in [3.63, 3.8) is 0 Å². The van der Waals surface area contributed by atoms with Crippen molar-refractivity contribution < 1.29 is 18.5 Å². The number of rotatable bonds is 7. The van der Waals surface area contributed by atoms with E-state index < -0.39 is 0 Å². The maximum atomic E-state index is 3.28. The van der Waals surface area contributed by atoms with Crippen molar-refractivity contribution in [2.75, 3.05) is 6.54 Å². The molecule has 2 heteroatoms. The Labute approximate surface area is 74.9 Å². The van der Waals surface area contributed by atoms with Gasteiger partial charge in [-0.2, -0.15) is 0 Å². The van der Waals surface area contributed by atoms with Gasteiger partial charge in [0.05, 0.1) is 0 Å². The Bertz CT molecular complexity index is 49.2. The molecular weight excluding hydrogens is 175 g/mol. The Kier molecular flexibility index (Phi) is 10.1. The second-order valence-corrected chi connectivity index (χ2v) is 3.82. The first-order valence-corrected chi connectivity index (χ1v) is 5.90. The van der Waals surface area contributed by atoms with Crippen LogP contribution in [0, 0.1) is 0 Å². The van der Waals surface area contributed by atoms with E-state index in [4.69, 9.17) is 0 Å². The minimum absolute atomic E-state index is 1.24. The zero-order chi connectivity index (χ0) is 7.66. The minimum atomic E-state index is 1.24. The molecule has 0 aliphatic rings. The fourth-order valence-electron chi connectivity index (χ4n) is 1.03. The Balaban J connectivity index is 2.65. The molecule has 0 amide bonds. The van der Waals surface area contributed by atoms with Crippen LogP contribution in [0.5, 0.6) is 0 Å². The summed E-state index contributed by atoms with van der Waals surface area (Å²) >= 11 is 1.25. The zero-order valence-electron chi connectivity index (χ0n) is 7.16. The van der Waals surface area contributed by atoms with E-state index in [1.807, 2.05) is 0 Å². The third kappa shape index (κ3) is 8.58. The van der Waals surface area contributed by atoms with Crippen LogP contribution < -0.4 is 4.06 Å². The molecule has 0 radical (unpaired) electrons. The molecule has 0 fully saturated rings. The molecule has 0 saturated heterocycles. The van der Waals surface area contributed by atoms with Crippen molar-refractivity contribution in [3.8, 4) is 0 Å². The fraction of sp³-hybridized carbons (Fsp3) is 1.00. The molecule has 0 heterocycles. The van der Waals surface area contributed by atoms with Crippen LogP contribution in [0.15, 0.2) is 0 Å². The summed E-state index contributed by atoms with van der Waals surface area (Å²) in [6, 6.07) is 0. The summed E-state index contributed by atoms with van der Waals surface area (Å²) in [4.78, 5) is 0. The third-order valence-electron chi connectivity index (χ3n) is 1.71. The van der Waals surface area contributed by atoms with Gasteiger partial charge in [-0.05, 0) is 0 Å². The van der Waals surface area contributed by atoms with Gasteiger partial charge in [0.25, 0.3) is 0 Å². The van der Waals surface area contributed by atoms with Crippen LogP contribution in [-0.4, -0.2) is 6.54 Å². The van der Waals surface area contributed by atoms with Crippen molar-refractivity contribution in [2.24, 2.45) is 0 Å². The van der Waals surface area contributed by atoms with Crippen LogP contribution in [-0.2, 0) is 18.5 Å². The van der Waals surface area contributed by atoms with Gasteiger partial charge in [-0.15, -0.1) is 0 Å². The van der Waals surface area contributed by atoms with E-state index in [0.717, 1.165) is 0 Å². The number of unbranched alkanes of at least 4 members (excludes halogenated alkanes) is 5. The third-order valence-corrected chi connectivity index (χ3v) is 2.45. The molecule has 0 aliphatic heterocycles. The summed E-state index contributed by atoms with van der Waals surface area (Å²) in [6.45, 7) is 3.50. The Morgan fingerprint density at radius 1 is 1.00 bits per heavy atom. The molecule has 1 nitrogen and oxygen atoms in total. The first kappa shape index (κ1) is 10.6. The number of hydrogen-bond acceptors (Lipinski definition) is 1. The van der Waals surface area contributed by atoms with Gasteiger partial charge in [-0.1, -0.05) is 0 Å². The van der Waals surface area contributed by atoms with Gasteiger partial charge in [0, 0.05) is 0 Å². The Morgan fingerprint density at radius 2 is 1.60 bits per heavy atom. The van der Waals surface area contributed by atoms with Gasteiger partial charge in [-0.3, -0.25) is 0 Å². The molecule has 1 N–H and O–H groups in total. The van der Waals surface area contributed by atoms with E-state index in [1.165, 1.54) is 63.6 Å². The number of nitrogens with one attached hydrogen (secondary N) is 1. The Morgan fingerprint density at radius 3 is 2.20 bits per heavy atom. The average molecular weight is 194 g/mol. The van der Waals surface area contributed by atoms with Gasteiger partial charge in [0.2, 0.25) is 0 Å². The van der Waals surface area contributed by atoms with Crippen LogP contribution in [0.4, 0.5) is 0 Å². The van der Waals surface area contributed by atoms with Crippen LogP contribution in [0.25, 0.3) is 0 Å². The topological polar surface area (TPSA) is 12.0 Å². The standard InChI is InChI=1S/C8H18N.Zn/c1-2-3-4-5-6-7-8-9;/h9H,2-8H2,1H3;/q-1;+1. The molecular formula is C8H18NZn. The van der Waals surface area contributed by atoms with E-state index in [2.05, 4.69) is 11.0 Å². The summed E-state index contributed by atoms with van der Waals surface area (Å²) in [5.41, 5.74) is 0. The van der Waals surface area contributed by atoms with Crippen LogP contribution in [0.1, 0.15) is 45.4 Å². The predicted molar refractivity (Wildman–Crippen MR) is 41.4 cm³/mol. The summed E-state index contributed by atoms with van der Waals surface area (Å²) in [5, 5.41) is 0. The predicted octanol–water partition coefficient (Wildman–Crippen LogP) is 2.40. The van der Waals surface area contributed by atoms with E-state index in [9.17, 15) is 0 Å². The molecule has 10 heavy (non-hydrogen) atoms. The molecule has 0 atom stereocenters. The second-order valence-electron chi connectivity index (χ2n) is 2.77. The number of hydrogen-bond donors (Lipinski definition) is 1. The van der Waals surface area contributed by atoms with Gasteiger partial charge in [0.1, 0.15) is 0 Å². The first-order chi connectivity index (χ1) is 4.91. The average Bonchev–Trinajstić information content (AvgIpc) is 1.97. The zero-order valence-corrected chi connectivity index (χ0v) is 10.1. The van der Waals surface area contributed by atoms with Crippen LogP contribution >= 0.6 is 0 Å². The maximum absolute atomic E-state index is 3.28. The van der Waals surface area contributed by atoms with Crippen LogP contribution in [0.2, 0.25) is 0 Å². The molecule has 0 bridgehead atoms. The van der Waals surface area contributed by atoms with Crippen molar-refractivity contribution in [3.05, 3.63) is 0 Å². The summed E-state index contributed by atoms with van der Waals surface area (Å²) in [7, 11) is 0. The van der Waals surface area contributed by atoms with E-state index >= 15 is 0 Å². The van der Waals surface area contributed by atoms with Crippen LogP contribution in [0.3, 0.4) is 0 Å². The second kappa shape index (κ2) is 9.58. The van der Waals surface area contributed by atoms with Gasteiger partial charge < -0.3 is 0 Å². The molecule has 0 spiro atoms. The van der Waals surface area contributed by atoms with Gasteiger partial charge >= 0.3 is 74.6 Å². The molecule has 0 aliphatic carbocycles. The van der Waals surface area contributed by atoms with Crippen molar-refractivity contribution >= 4 is 0 Å². The van der Waals surface area contributed by atoms with Gasteiger partial charge in [-0.25, -0.2) is 0 Å². The van der Waals surface area contributed by atoms with E-state index in [0.29, 0.717) is 0 Å². The normalized spacial score (nSPS) is 10.3. The summed E-state index contributed by atoms with van der Waals surface area (Å²) < 4.78 is 3.28. The molecule has 0 aromatic heterocycles. The molecule has 0 aromatic rings. The molecule has 0 rings (SSSR count). The van der Waals surface area contributed by atoms with Gasteiger partial charge in [0.15, 0.2) is 0 Å². The summed E-state index contributed by atoms with van der Waals surface area (Å²) in [6.07, 6.45) is 8.47. The molecule has 0 aromatic carbocycles. The van der Waals surface area contributed by atoms with Crippen molar-refractivity contribution in [1.29, 1.82) is 0 Å². The molecule has 57 valence electrons. The van der Waals surface area contributed by atoms with Crippen molar-refractivity contribution in [1.82, 2.24) is 4.06 Å². The summed E-state index contributed by atoms with van der Waals surface area (Å²) in [5.74, 6) is 0. The quantitative estimate of drug-likeness (QED) is 0.484. The van der Waals surface area contributed by atoms with E-state index in [-0.39, 0.29) is 0 Å². The SMILES string of the molecule is CCCCCCCC[NH][Zn]. The van der Waals surface area contributed by atoms with Crippen molar-refractivity contribution in [2.45, 2.75) is 45.4 Å². The first-order valence-electron chi connectivity index (χ1n) is 4.41. The van der Waals surface area contributed by atoms with E-state index in [1.54, 1.807) is 0 Å². The monoisotopic (exact) mass is 192 g/mol. The Hall–Kier alpha value is 0.583. The molecule has 0 saturated carbocycles.